The van der Waals surface area contributed by atoms with Crippen molar-refractivity contribution in [3.05, 3.63) is 51.7 Å². The van der Waals surface area contributed by atoms with E-state index in [0.717, 1.165) is 25.8 Å². The van der Waals surface area contributed by atoms with Crippen LogP contribution in [0.2, 0.25) is 5.02 Å². The average Bonchev–Trinajstić information content (AvgIpc) is 3.63. The van der Waals surface area contributed by atoms with Gasteiger partial charge in [0.2, 0.25) is 23.6 Å². The Labute approximate surface area is 234 Å². The summed E-state index contributed by atoms with van der Waals surface area (Å²) >= 11 is 6.68. The van der Waals surface area contributed by atoms with Gasteiger partial charge in [-0.25, -0.2) is 4.98 Å². The number of pyridine rings is 1. The van der Waals surface area contributed by atoms with Crippen molar-refractivity contribution < 1.29 is 14.1 Å². The van der Waals surface area contributed by atoms with Crippen LogP contribution < -0.4 is 21.5 Å². The van der Waals surface area contributed by atoms with Crippen molar-refractivity contribution in [2.24, 2.45) is 0 Å². The Balaban J connectivity index is 1.39. The molecule has 4 aromatic rings. The topological polar surface area (TPSA) is 149 Å². The predicted molar refractivity (Wildman–Crippen MR) is 149 cm³/mol. The molecule has 13 heteroatoms. The number of carbonyl (C=O) groups excluding carboxylic acids is 1. The maximum absolute atomic E-state index is 13.9. The molecule has 1 atom stereocenters. The molecule has 40 heavy (non-hydrogen) atoms. The minimum Gasteiger partial charge on any atom is -0.381 e. The smallest absolute Gasteiger partial charge is 0.260 e. The molecule has 1 aromatic carbocycles. The maximum Gasteiger partial charge on any atom is 0.260 e. The summed E-state index contributed by atoms with van der Waals surface area (Å²) in [4.78, 5) is 40.4. The molecule has 208 valence electrons. The van der Waals surface area contributed by atoms with Crippen LogP contribution >= 0.6 is 11.6 Å². The summed E-state index contributed by atoms with van der Waals surface area (Å²) in [5.41, 5.74) is 1.48. The number of aryl methyl sites for hydroxylation is 1. The first-order valence-electron chi connectivity index (χ1n) is 13.3. The molecule has 2 saturated heterocycles. The van der Waals surface area contributed by atoms with Gasteiger partial charge in [-0.2, -0.15) is 9.97 Å². The lowest BCUT2D eigenvalue weighted by atomic mass is 10.0. The number of aromatic nitrogens is 5. The number of hydrogen-bond acceptors (Lipinski definition) is 10. The summed E-state index contributed by atoms with van der Waals surface area (Å²) < 4.78 is 11.9. The van der Waals surface area contributed by atoms with Gasteiger partial charge in [0.1, 0.15) is 12.2 Å². The Morgan fingerprint density at radius 3 is 2.73 bits per heavy atom. The van der Waals surface area contributed by atoms with E-state index >= 15 is 0 Å². The van der Waals surface area contributed by atoms with E-state index in [1.165, 1.54) is 4.57 Å². The molecular weight excluding hydrogens is 536 g/mol. The van der Waals surface area contributed by atoms with Crippen molar-refractivity contribution >= 4 is 34.5 Å². The van der Waals surface area contributed by atoms with E-state index in [4.69, 9.17) is 20.9 Å². The number of hydrogen-bond donors (Lipinski definition) is 3. The molecule has 6 rings (SSSR count). The molecule has 0 radical (unpaired) electrons. The zero-order valence-electron chi connectivity index (χ0n) is 21.9. The van der Waals surface area contributed by atoms with Gasteiger partial charge >= 0.3 is 0 Å². The van der Waals surface area contributed by atoms with Gasteiger partial charge in [0.25, 0.3) is 5.56 Å². The van der Waals surface area contributed by atoms with Gasteiger partial charge in [-0.3, -0.25) is 14.2 Å². The molecule has 0 saturated carbocycles. The number of benzene rings is 1. The van der Waals surface area contributed by atoms with Crippen LogP contribution in [0.1, 0.15) is 25.2 Å². The molecule has 5 heterocycles. The Bertz CT molecular complexity index is 1610. The molecular formula is C27H29ClN8O4. The Hall–Kier alpha value is -3.87. The lowest BCUT2D eigenvalue weighted by Crippen LogP contribution is -2.40. The Morgan fingerprint density at radius 1 is 1.15 bits per heavy atom. The number of nitrogens with zero attached hydrogens (tertiary/aromatic N) is 5. The number of anilines is 1. The van der Waals surface area contributed by atoms with E-state index in [1.807, 2.05) is 0 Å². The van der Waals surface area contributed by atoms with Gasteiger partial charge in [0, 0.05) is 72.1 Å². The van der Waals surface area contributed by atoms with E-state index in [-0.39, 0.29) is 30.1 Å². The maximum atomic E-state index is 13.9. The predicted octanol–water partition coefficient (Wildman–Crippen LogP) is 2.54. The van der Waals surface area contributed by atoms with Crippen LogP contribution in [0.3, 0.4) is 0 Å². The fourth-order valence-corrected chi connectivity index (χ4v) is 5.36. The molecule has 0 spiro atoms. The van der Waals surface area contributed by atoms with Gasteiger partial charge in [0.05, 0.1) is 0 Å². The van der Waals surface area contributed by atoms with Gasteiger partial charge in [-0.15, -0.1) is 0 Å². The first-order valence-corrected chi connectivity index (χ1v) is 13.7. The van der Waals surface area contributed by atoms with Crippen molar-refractivity contribution in [1.82, 2.24) is 35.3 Å². The monoisotopic (exact) mass is 564 g/mol. The zero-order valence-corrected chi connectivity index (χ0v) is 22.7. The number of nitrogens with one attached hydrogen (secondary N) is 3. The quantitative estimate of drug-likeness (QED) is 0.305. The van der Waals surface area contributed by atoms with E-state index in [0.29, 0.717) is 70.2 Å². The van der Waals surface area contributed by atoms with Crippen LogP contribution in [0.25, 0.3) is 33.5 Å². The van der Waals surface area contributed by atoms with Gasteiger partial charge in [-0.05, 0) is 37.9 Å². The first-order chi connectivity index (χ1) is 19.4. The molecule has 1 unspecified atom stereocenters. The molecule has 2 aliphatic rings. The largest absolute Gasteiger partial charge is 0.381 e. The number of amides is 1. The SMILES string of the molecule is Cc1nc(-c2ccc(-c3cc4cnc(NC5CCOCC5)nc4n(CC(=O)NC4CCNC4)c3=O)c(Cl)c2)no1. The number of halogens is 1. The Kier molecular flexibility index (Phi) is 7.46. The minimum absolute atomic E-state index is 0.0220. The lowest BCUT2D eigenvalue weighted by Gasteiger charge is -2.23. The fourth-order valence-electron chi connectivity index (χ4n) is 5.08. The summed E-state index contributed by atoms with van der Waals surface area (Å²) in [6.07, 6.45) is 4.17. The molecule has 2 fully saturated rings. The van der Waals surface area contributed by atoms with Crippen molar-refractivity contribution in [2.45, 2.75) is 44.8 Å². The Morgan fingerprint density at radius 2 is 2.00 bits per heavy atom. The highest BCUT2D eigenvalue weighted by Crippen LogP contribution is 2.31. The molecule has 0 aliphatic carbocycles. The molecule has 12 nitrogen and oxygen atoms in total. The zero-order chi connectivity index (χ0) is 27.6. The summed E-state index contributed by atoms with van der Waals surface area (Å²) in [5.74, 6) is 0.974. The highest BCUT2D eigenvalue weighted by Gasteiger charge is 2.22. The van der Waals surface area contributed by atoms with Crippen molar-refractivity contribution in [1.29, 1.82) is 0 Å². The van der Waals surface area contributed by atoms with Crippen LogP contribution in [0.15, 0.2) is 39.8 Å². The third kappa shape index (κ3) is 5.55. The standard InChI is InChI=1S/C27H29ClN8O4/c1-15-31-24(35-40-15)16-2-3-20(22(28)11-16)21-10-17-12-30-27(33-18-5-8-39-9-6-18)34-25(17)36(26(21)38)14-23(37)32-19-4-7-29-13-19/h2-3,10-12,18-19,29H,4-9,13-14H2,1H3,(H,32,37)(H,30,33,34). The fraction of sp³-hybridized carbons (Fsp3) is 0.407. The van der Waals surface area contributed by atoms with Crippen molar-refractivity contribution in [2.75, 3.05) is 31.6 Å². The summed E-state index contributed by atoms with van der Waals surface area (Å²) in [6, 6.07) is 7.11. The number of rotatable bonds is 7. The average molecular weight is 565 g/mol. The molecule has 1 amide bonds. The molecule has 3 aromatic heterocycles. The van der Waals surface area contributed by atoms with Gasteiger partial charge in [0.15, 0.2) is 0 Å². The van der Waals surface area contributed by atoms with Crippen LogP contribution in [0.5, 0.6) is 0 Å². The van der Waals surface area contributed by atoms with Crippen LogP contribution in [0.4, 0.5) is 5.95 Å². The highest BCUT2D eigenvalue weighted by atomic mass is 35.5. The number of fused-ring (bicyclic) bond motifs is 1. The number of carbonyl (C=O) groups is 1. The second kappa shape index (κ2) is 11.3. The van der Waals surface area contributed by atoms with Crippen LogP contribution in [-0.4, -0.2) is 69.0 Å². The van der Waals surface area contributed by atoms with Gasteiger partial charge < -0.3 is 25.2 Å². The third-order valence-electron chi connectivity index (χ3n) is 7.15. The second-order valence-electron chi connectivity index (χ2n) is 10.0. The minimum atomic E-state index is -0.382. The van der Waals surface area contributed by atoms with Gasteiger partial charge in [-0.1, -0.05) is 28.9 Å². The molecule has 3 N–H and O–H groups in total. The van der Waals surface area contributed by atoms with E-state index in [9.17, 15) is 9.59 Å². The summed E-state index contributed by atoms with van der Waals surface area (Å²) in [7, 11) is 0. The first kappa shape index (κ1) is 26.4. The molecule has 2 aliphatic heterocycles. The van der Waals surface area contributed by atoms with E-state index in [1.54, 1.807) is 37.4 Å². The lowest BCUT2D eigenvalue weighted by molar-refractivity contribution is -0.122. The molecule has 0 bridgehead atoms. The van der Waals surface area contributed by atoms with Crippen molar-refractivity contribution in [3.63, 3.8) is 0 Å². The normalized spacial score (nSPS) is 17.8. The van der Waals surface area contributed by atoms with E-state index < -0.39 is 0 Å². The summed E-state index contributed by atoms with van der Waals surface area (Å²) in [5, 5.41) is 14.5. The van der Waals surface area contributed by atoms with Crippen LogP contribution in [0, 0.1) is 6.92 Å². The van der Waals surface area contributed by atoms with Crippen molar-refractivity contribution in [3.8, 4) is 22.5 Å². The second-order valence-corrected chi connectivity index (χ2v) is 10.4. The third-order valence-corrected chi connectivity index (χ3v) is 7.47. The number of ether oxygens (including phenoxy) is 1. The van der Waals surface area contributed by atoms with Crippen LogP contribution in [-0.2, 0) is 16.1 Å². The summed E-state index contributed by atoms with van der Waals surface area (Å²) in [6.45, 7) is 4.39. The van der Waals surface area contributed by atoms with E-state index in [2.05, 4.69) is 36.1 Å². The highest BCUT2D eigenvalue weighted by molar-refractivity contribution is 6.33.